The molecule has 0 spiro atoms. The van der Waals surface area contributed by atoms with Crippen LogP contribution in [0.5, 0.6) is 5.75 Å². The number of carbonyl (C=O) groups excluding carboxylic acids is 1. The Hall–Kier alpha value is -2.97. The van der Waals surface area contributed by atoms with E-state index in [1.165, 1.54) is 12.1 Å². The standard InChI is InChI=1S/C26H29NO6S/c1-4-7-22(27-34(30,31)18-12-10-16(2)11-13-18)26(29)32-23-15-14-20-19-8-5-6-9-21(19)25(28)33-24(20)17(23)3/h10-15,22,27H,4-9H2,1-3H3/t22-/m1/s1. The van der Waals surface area contributed by atoms with Gasteiger partial charge in [-0.3, -0.25) is 0 Å². The molecular weight excluding hydrogens is 454 g/mol. The van der Waals surface area contributed by atoms with Crippen LogP contribution in [0.25, 0.3) is 11.0 Å². The molecule has 1 atom stereocenters. The fraction of sp³-hybridized carbons (Fsp3) is 0.385. The first-order valence-corrected chi connectivity index (χ1v) is 13.1. The van der Waals surface area contributed by atoms with Crippen molar-refractivity contribution >= 4 is 27.0 Å². The fourth-order valence-electron chi connectivity index (χ4n) is 4.40. The van der Waals surface area contributed by atoms with Crippen molar-refractivity contribution in [1.82, 2.24) is 4.72 Å². The Morgan fingerprint density at radius 1 is 1.06 bits per heavy atom. The lowest BCUT2D eigenvalue weighted by atomic mass is 9.90. The monoisotopic (exact) mass is 483 g/mol. The van der Waals surface area contributed by atoms with E-state index in [9.17, 15) is 18.0 Å². The molecule has 1 aliphatic rings. The number of rotatable bonds is 7. The normalized spacial score (nSPS) is 14.6. The highest BCUT2D eigenvalue weighted by Gasteiger charge is 2.28. The number of benzene rings is 2. The molecule has 8 heteroatoms. The van der Waals surface area contributed by atoms with Crippen molar-refractivity contribution < 1.29 is 22.4 Å². The van der Waals surface area contributed by atoms with Gasteiger partial charge in [-0.2, -0.15) is 4.72 Å². The van der Waals surface area contributed by atoms with Crippen molar-refractivity contribution in [3.05, 3.63) is 69.1 Å². The summed E-state index contributed by atoms with van der Waals surface area (Å²) in [7, 11) is -3.91. The molecule has 0 saturated heterocycles. The number of fused-ring (bicyclic) bond motifs is 3. The molecule has 3 aromatic rings. The summed E-state index contributed by atoms with van der Waals surface area (Å²) in [6.45, 7) is 5.46. The molecule has 0 radical (unpaired) electrons. The molecule has 4 rings (SSSR count). The van der Waals surface area contributed by atoms with Crippen LogP contribution in [0, 0.1) is 13.8 Å². The first-order chi connectivity index (χ1) is 16.2. The summed E-state index contributed by atoms with van der Waals surface area (Å²) >= 11 is 0. The Morgan fingerprint density at radius 2 is 1.74 bits per heavy atom. The van der Waals surface area contributed by atoms with Crippen LogP contribution in [0.2, 0.25) is 0 Å². The predicted octanol–water partition coefficient (Wildman–Crippen LogP) is 4.34. The minimum atomic E-state index is -3.91. The van der Waals surface area contributed by atoms with E-state index in [0.717, 1.165) is 41.3 Å². The first kappa shape index (κ1) is 24.2. The van der Waals surface area contributed by atoms with Crippen molar-refractivity contribution in [3.8, 4) is 5.75 Å². The van der Waals surface area contributed by atoms with Crippen LogP contribution < -0.4 is 15.1 Å². The lowest BCUT2D eigenvalue weighted by Crippen LogP contribution is -2.42. The van der Waals surface area contributed by atoms with Gasteiger partial charge in [-0.05, 0) is 75.8 Å². The van der Waals surface area contributed by atoms with Gasteiger partial charge in [-0.1, -0.05) is 31.0 Å². The largest absolute Gasteiger partial charge is 0.425 e. The Bertz CT molecular complexity index is 1390. The van der Waals surface area contributed by atoms with Crippen molar-refractivity contribution in [2.45, 2.75) is 70.2 Å². The van der Waals surface area contributed by atoms with Gasteiger partial charge in [0.1, 0.15) is 17.4 Å². The molecule has 1 aliphatic carbocycles. The molecule has 180 valence electrons. The van der Waals surface area contributed by atoms with E-state index in [1.807, 2.05) is 19.9 Å². The SMILES string of the molecule is CCC[C@@H](NS(=O)(=O)c1ccc(C)cc1)C(=O)Oc1ccc2c3c(c(=O)oc2c1C)CCCC3. The second-order valence-electron chi connectivity index (χ2n) is 8.82. The molecule has 34 heavy (non-hydrogen) atoms. The Kier molecular flexibility index (Phi) is 6.91. The lowest BCUT2D eigenvalue weighted by Gasteiger charge is -2.19. The second-order valence-corrected chi connectivity index (χ2v) is 10.5. The van der Waals surface area contributed by atoms with Crippen molar-refractivity contribution in [3.63, 3.8) is 0 Å². The minimum Gasteiger partial charge on any atom is -0.425 e. The van der Waals surface area contributed by atoms with Gasteiger partial charge in [0.15, 0.2) is 0 Å². The van der Waals surface area contributed by atoms with Crippen LogP contribution in [-0.2, 0) is 27.7 Å². The smallest absolute Gasteiger partial charge is 0.339 e. The zero-order valence-electron chi connectivity index (χ0n) is 19.6. The Labute approximate surface area is 199 Å². The summed E-state index contributed by atoms with van der Waals surface area (Å²) < 4.78 is 39.4. The van der Waals surface area contributed by atoms with Gasteiger partial charge in [0.05, 0.1) is 4.90 Å². The highest BCUT2D eigenvalue weighted by atomic mass is 32.2. The predicted molar refractivity (Wildman–Crippen MR) is 130 cm³/mol. The zero-order valence-corrected chi connectivity index (χ0v) is 20.5. The number of hydrogen-bond donors (Lipinski definition) is 1. The summed E-state index contributed by atoms with van der Waals surface area (Å²) in [5.41, 5.74) is 3.27. The summed E-state index contributed by atoms with van der Waals surface area (Å²) in [6.07, 6.45) is 4.36. The van der Waals surface area contributed by atoms with Gasteiger partial charge < -0.3 is 9.15 Å². The molecular formula is C26H29NO6S. The van der Waals surface area contributed by atoms with Gasteiger partial charge in [-0.15, -0.1) is 0 Å². The first-order valence-electron chi connectivity index (χ1n) is 11.6. The zero-order chi connectivity index (χ0) is 24.5. The van der Waals surface area contributed by atoms with Crippen LogP contribution in [-0.4, -0.2) is 20.4 Å². The van der Waals surface area contributed by atoms with E-state index in [-0.39, 0.29) is 22.7 Å². The Balaban J connectivity index is 1.62. The van der Waals surface area contributed by atoms with Gasteiger partial charge in [0.25, 0.3) is 0 Å². The van der Waals surface area contributed by atoms with E-state index >= 15 is 0 Å². The maximum Gasteiger partial charge on any atom is 0.339 e. The molecule has 0 saturated carbocycles. The molecule has 0 amide bonds. The number of nitrogens with one attached hydrogen (secondary N) is 1. The van der Waals surface area contributed by atoms with Crippen molar-refractivity contribution in [1.29, 1.82) is 0 Å². The van der Waals surface area contributed by atoms with E-state index < -0.39 is 22.0 Å². The van der Waals surface area contributed by atoms with Gasteiger partial charge >= 0.3 is 11.6 Å². The number of sulfonamides is 1. The summed E-state index contributed by atoms with van der Waals surface area (Å²) in [5, 5.41) is 0.858. The fourth-order valence-corrected chi connectivity index (χ4v) is 5.62. The summed E-state index contributed by atoms with van der Waals surface area (Å²) in [5.74, 6) is -0.465. The summed E-state index contributed by atoms with van der Waals surface area (Å²) in [6, 6.07) is 8.84. The molecule has 0 aliphatic heterocycles. The van der Waals surface area contributed by atoms with Gasteiger partial charge in [-0.25, -0.2) is 18.0 Å². The van der Waals surface area contributed by atoms with Crippen molar-refractivity contribution in [2.24, 2.45) is 0 Å². The third kappa shape index (κ3) is 4.79. The quantitative estimate of drug-likeness (QED) is 0.305. The topological polar surface area (TPSA) is 103 Å². The highest BCUT2D eigenvalue weighted by Crippen LogP contribution is 2.32. The number of aryl methyl sites for hydroxylation is 3. The van der Waals surface area contributed by atoms with Crippen LogP contribution in [0.3, 0.4) is 0 Å². The lowest BCUT2D eigenvalue weighted by molar-refractivity contribution is -0.136. The van der Waals surface area contributed by atoms with Crippen LogP contribution in [0.4, 0.5) is 0 Å². The maximum absolute atomic E-state index is 13.0. The molecule has 1 heterocycles. The third-order valence-corrected chi connectivity index (χ3v) is 7.78. The number of carbonyl (C=O) groups is 1. The molecule has 0 unspecified atom stereocenters. The average molecular weight is 484 g/mol. The van der Waals surface area contributed by atoms with Crippen LogP contribution in [0.1, 0.15) is 54.9 Å². The highest BCUT2D eigenvalue weighted by molar-refractivity contribution is 7.89. The molecule has 1 N–H and O–H groups in total. The third-order valence-electron chi connectivity index (χ3n) is 6.29. The number of ether oxygens (including phenoxy) is 1. The van der Waals surface area contributed by atoms with E-state index in [0.29, 0.717) is 24.0 Å². The Morgan fingerprint density at radius 3 is 2.41 bits per heavy atom. The van der Waals surface area contributed by atoms with Crippen LogP contribution in [0.15, 0.2) is 50.5 Å². The maximum atomic E-state index is 13.0. The van der Waals surface area contributed by atoms with Crippen molar-refractivity contribution in [2.75, 3.05) is 0 Å². The number of hydrogen-bond acceptors (Lipinski definition) is 6. The van der Waals surface area contributed by atoms with E-state index in [2.05, 4.69) is 4.72 Å². The molecule has 0 fully saturated rings. The molecule has 1 aromatic heterocycles. The van der Waals surface area contributed by atoms with E-state index in [4.69, 9.17) is 9.15 Å². The van der Waals surface area contributed by atoms with Gasteiger partial charge in [0, 0.05) is 16.5 Å². The number of esters is 1. The molecule has 2 aromatic carbocycles. The van der Waals surface area contributed by atoms with E-state index in [1.54, 1.807) is 25.1 Å². The second kappa shape index (κ2) is 9.72. The minimum absolute atomic E-state index is 0.0837. The average Bonchev–Trinajstić information content (AvgIpc) is 2.81. The molecule has 0 bridgehead atoms. The van der Waals surface area contributed by atoms with Gasteiger partial charge in [0.2, 0.25) is 10.0 Å². The van der Waals surface area contributed by atoms with Crippen LogP contribution >= 0.6 is 0 Å². The summed E-state index contributed by atoms with van der Waals surface area (Å²) in [4.78, 5) is 25.6. The molecule has 7 nitrogen and oxygen atoms in total.